The molecule has 16 heteroatoms. The van der Waals surface area contributed by atoms with Crippen molar-refractivity contribution in [3.05, 3.63) is 99.6 Å². The highest BCUT2D eigenvalue weighted by Crippen LogP contribution is 2.40. The first-order chi connectivity index (χ1) is 27.7. The molecule has 1 aromatic heterocycles. The van der Waals surface area contributed by atoms with Crippen molar-refractivity contribution < 1.29 is 47.7 Å². The summed E-state index contributed by atoms with van der Waals surface area (Å²) in [5.41, 5.74) is 1.56. The maximum atomic E-state index is 13.8. The maximum Gasteiger partial charge on any atom is 0.410 e. The molecule has 0 aliphatic carbocycles. The summed E-state index contributed by atoms with van der Waals surface area (Å²) < 4.78 is 27.3. The van der Waals surface area contributed by atoms with Crippen LogP contribution in [0.25, 0.3) is 6.08 Å². The molecular formula is C42H46N4O10S2. The van der Waals surface area contributed by atoms with E-state index in [0.29, 0.717) is 62.5 Å². The van der Waals surface area contributed by atoms with Gasteiger partial charge in [-0.1, -0.05) is 24.3 Å². The molecule has 4 aromatic rings. The van der Waals surface area contributed by atoms with Crippen molar-refractivity contribution in [1.29, 1.82) is 0 Å². The smallest absolute Gasteiger partial charge is 0.410 e. The van der Waals surface area contributed by atoms with Crippen LogP contribution in [-0.2, 0) is 32.0 Å². The first-order valence-corrected chi connectivity index (χ1v) is 20.0. The lowest BCUT2D eigenvalue weighted by atomic mass is 10.0. The standard InChI is InChI=1S/C42H46N4O10S2/c1-8-55-40(50)35-29-17-18-46(41(51)56-42(2,3)4)23-33(29)58-39(35)45-34(47)24-57-28-16-12-15-27(22-28)43-38(49)30(44-37(48)26-13-10-9-11-14-26)19-25-20-31(52-5)36(54-7)32(21-25)53-6/h9-16,19-22H,8,17-18,23-24H2,1-7H3,(H,43,49)(H,44,48)(H,45,47)/b30-19+. The maximum absolute atomic E-state index is 13.8. The van der Waals surface area contributed by atoms with Gasteiger partial charge in [-0.05, 0) is 93.8 Å². The number of methoxy groups -OCH3 is 3. The number of nitrogens with one attached hydrogen (secondary N) is 3. The normalized spacial score (nSPS) is 12.5. The third-order valence-electron chi connectivity index (χ3n) is 8.43. The largest absolute Gasteiger partial charge is 0.493 e. The topological polar surface area (TPSA) is 171 Å². The summed E-state index contributed by atoms with van der Waals surface area (Å²) in [4.78, 5) is 69.3. The molecule has 4 amide bonds. The summed E-state index contributed by atoms with van der Waals surface area (Å²) in [6, 6.07) is 18.7. The molecule has 0 unspecified atom stereocenters. The predicted molar refractivity (Wildman–Crippen MR) is 223 cm³/mol. The van der Waals surface area contributed by atoms with E-state index in [2.05, 4.69) is 16.0 Å². The minimum atomic E-state index is -0.660. The fourth-order valence-corrected chi connectivity index (χ4v) is 7.88. The second-order valence-electron chi connectivity index (χ2n) is 13.7. The Kier molecular flexibility index (Phi) is 14.5. The minimum Gasteiger partial charge on any atom is -0.493 e. The molecule has 58 heavy (non-hydrogen) atoms. The third-order valence-corrected chi connectivity index (χ3v) is 10.6. The zero-order valence-electron chi connectivity index (χ0n) is 33.3. The highest BCUT2D eigenvalue weighted by atomic mass is 32.2. The average molecular weight is 831 g/mol. The quantitative estimate of drug-likeness (QED) is 0.0658. The number of carbonyl (C=O) groups is 5. The number of anilines is 2. The zero-order valence-corrected chi connectivity index (χ0v) is 34.9. The molecule has 0 saturated carbocycles. The Balaban J connectivity index is 1.31. The summed E-state index contributed by atoms with van der Waals surface area (Å²) in [6.45, 7) is 7.84. The van der Waals surface area contributed by atoms with E-state index in [-0.39, 0.29) is 30.5 Å². The summed E-state index contributed by atoms with van der Waals surface area (Å²) in [6.07, 6.45) is 1.44. The van der Waals surface area contributed by atoms with Crippen LogP contribution in [0.4, 0.5) is 15.5 Å². The highest BCUT2D eigenvalue weighted by Gasteiger charge is 2.33. The summed E-state index contributed by atoms with van der Waals surface area (Å²) in [5.74, 6) is -0.967. The van der Waals surface area contributed by atoms with E-state index in [1.165, 1.54) is 50.5 Å². The third kappa shape index (κ3) is 11.1. The fourth-order valence-electron chi connectivity index (χ4n) is 5.86. The van der Waals surface area contributed by atoms with E-state index in [0.717, 1.165) is 10.4 Å². The number of thiophene rings is 1. The monoisotopic (exact) mass is 830 g/mol. The van der Waals surface area contributed by atoms with Crippen LogP contribution in [0.5, 0.6) is 17.2 Å². The van der Waals surface area contributed by atoms with Crippen LogP contribution >= 0.6 is 23.1 Å². The van der Waals surface area contributed by atoms with Gasteiger partial charge in [0.1, 0.15) is 16.3 Å². The molecule has 0 bridgehead atoms. The van der Waals surface area contributed by atoms with Gasteiger partial charge in [-0.2, -0.15) is 0 Å². The second kappa shape index (κ2) is 19.4. The van der Waals surface area contributed by atoms with Gasteiger partial charge in [-0.25, -0.2) is 9.59 Å². The van der Waals surface area contributed by atoms with Crippen molar-refractivity contribution in [3.63, 3.8) is 0 Å². The first-order valence-electron chi connectivity index (χ1n) is 18.2. The van der Waals surface area contributed by atoms with Crippen LogP contribution in [0.3, 0.4) is 0 Å². The number of hydrogen-bond donors (Lipinski definition) is 3. The van der Waals surface area contributed by atoms with Crippen LogP contribution in [0.2, 0.25) is 0 Å². The van der Waals surface area contributed by atoms with Crippen molar-refractivity contribution in [2.24, 2.45) is 0 Å². The Morgan fingerprint density at radius 1 is 0.897 bits per heavy atom. The van der Waals surface area contributed by atoms with Gasteiger partial charge in [0, 0.05) is 27.6 Å². The van der Waals surface area contributed by atoms with Gasteiger partial charge < -0.3 is 44.5 Å². The van der Waals surface area contributed by atoms with Gasteiger partial charge in [0.05, 0.1) is 45.8 Å². The Hall–Kier alpha value is -6.00. The molecule has 1 aliphatic rings. The highest BCUT2D eigenvalue weighted by molar-refractivity contribution is 8.00. The number of benzene rings is 3. The van der Waals surface area contributed by atoms with E-state index in [1.807, 2.05) is 0 Å². The van der Waals surface area contributed by atoms with Gasteiger partial charge in [0.2, 0.25) is 11.7 Å². The van der Waals surface area contributed by atoms with Crippen molar-refractivity contribution in [3.8, 4) is 17.2 Å². The van der Waals surface area contributed by atoms with E-state index in [1.54, 1.807) is 99.3 Å². The Morgan fingerprint density at radius 2 is 1.60 bits per heavy atom. The van der Waals surface area contributed by atoms with Gasteiger partial charge in [-0.3, -0.25) is 14.4 Å². The number of rotatable bonds is 14. The number of carbonyl (C=O) groups excluding carboxylic acids is 5. The van der Waals surface area contributed by atoms with Gasteiger partial charge in [-0.15, -0.1) is 23.1 Å². The average Bonchev–Trinajstić information content (AvgIpc) is 3.56. The summed E-state index contributed by atoms with van der Waals surface area (Å²) >= 11 is 2.45. The number of hydrogen-bond acceptors (Lipinski definition) is 12. The zero-order chi connectivity index (χ0) is 42.0. The molecule has 3 N–H and O–H groups in total. The van der Waals surface area contributed by atoms with E-state index < -0.39 is 29.5 Å². The molecule has 0 fully saturated rings. The molecule has 5 rings (SSSR count). The SMILES string of the molecule is CCOC(=O)c1c(NC(=O)CSc2cccc(NC(=O)/C(=C\c3cc(OC)c(OC)c(OC)c3)NC(=O)c3ccccc3)c2)sc2c1CCN(C(=O)OC(C)(C)C)C2. The van der Waals surface area contributed by atoms with Gasteiger partial charge in [0.25, 0.3) is 11.8 Å². The van der Waals surface area contributed by atoms with Crippen LogP contribution in [0.15, 0.2) is 77.3 Å². The lowest BCUT2D eigenvalue weighted by molar-refractivity contribution is -0.114. The van der Waals surface area contributed by atoms with Crippen molar-refractivity contribution in [1.82, 2.24) is 10.2 Å². The number of ether oxygens (including phenoxy) is 5. The number of fused-ring (bicyclic) bond motifs is 1. The molecule has 3 aromatic carbocycles. The van der Waals surface area contributed by atoms with Crippen molar-refractivity contribution >= 4 is 69.6 Å². The van der Waals surface area contributed by atoms with Gasteiger partial charge in [0.15, 0.2) is 11.5 Å². The van der Waals surface area contributed by atoms with E-state index in [4.69, 9.17) is 23.7 Å². The molecule has 1 aliphatic heterocycles. The van der Waals surface area contributed by atoms with Crippen molar-refractivity contribution in [2.75, 3.05) is 50.9 Å². The molecule has 14 nitrogen and oxygen atoms in total. The fraction of sp³-hybridized carbons (Fsp3) is 0.310. The number of esters is 1. The number of nitrogens with zero attached hydrogens (tertiary/aromatic N) is 1. The summed E-state index contributed by atoms with van der Waals surface area (Å²) in [5, 5.41) is 8.79. The number of amides is 4. The van der Waals surface area contributed by atoms with Gasteiger partial charge >= 0.3 is 12.1 Å². The first kappa shape index (κ1) is 43.1. The molecule has 306 valence electrons. The molecule has 0 spiro atoms. The van der Waals surface area contributed by atoms with E-state index >= 15 is 0 Å². The summed E-state index contributed by atoms with van der Waals surface area (Å²) in [7, 11) is 4.43. The molecule has 0 saturated heterocycles. The van der Waals surface area contributed by atoms with Crippen LogP contribution in [-0.4, -0.2) is 80.5 Å². The van der Waals surface area contributed by atoms with Crippen LogP contribution < -0.4 is 30.2 Å². The second-order valence-corrected chi connectivity index (χ2v) is 15.9. The molecule has 0 radical (unpaired) electrons. The lowest BCUT2D eigenvalue weighted by Crippen LogP contribution is -2.39. The minimum absolute atomic E-state index is 0.0221. The molecular weight excluding hydrogens is 785 g/mol. The molecule has 2 heterocycles. The van der Waals surface area contributed by atoms with Crippen LogP contribution in [0.1, 0.15) is 64.4 Å². The number of thioether (sulfide) groups is 1. The van der Waals surface area contributed by atoms with Crippen LogP contribution in [0, 0.1) is 0 Å². The molecule has 0 atom stereocenters. The Labute approximate surface area is 345 Å². The van der Waals surface area contributed by atoms with E-state index in [9.17, 15) is 24.0 Å². The predicted octanol–water partition coefficient (Wildman–Crippen LogP) is 7.38. The Morgan fingerprint density at radius 3 is 2.24 bits per heavy atom. The van der Waals surface area contributed by atoms with Crippen molar-refractivity contribution in [2.45, 2.75) is 51.2 Å². The Bertz CT molecular complexity index is 2170. The lowest BCUT2D eigenvalue weighted by Gasteiger charge is -2.30.